The third-order valence-corrected chi connectivity index (χ3v) is 5.06. The van der Waals surface area contributed by atoms with Crippen LogP contribution in [0.15, 0.2) is 24.3 Å². The summed E-state index contributed by atoms with van der Waals surface area (Å²) in [5, 5.41) is 7.39. The first-order valence-electron chi connectivity index (χ1n) is 8.21. The molecule has 0 unspecified atom stereocenters. The molecular formula is C18H18FN3O2. The Hall–Kier alpha value is -2.50. The molecule has 4 rings (SSSR count). The average molecular weight is 327 g/mol. The topological polar surface area (TPSA) is 66.1 Å². The van der Waals surface area contributed by atoms with E-state index >= 15 is 0 Å². The maximum Gasteiger partial charge on any atom is 0.223 e. The fraction of sp³-hybridized carbons (Fsp3) is 0.389. The predicted molar refractivity (Wildman–Crippen MR) is 84.8 cm³/mol. The Labute approximate surface area is 138 Å². The van der Waals surface area contributed by atoms with E-state index in [1.54, 1.807) is 0 Å². The number of hydrogen-bond donors (Lipinski definition) is 1. The standard InChI is InChI=1S/C18H18FN3O2/c1-2-16(24)22-10-13-14(20-21-17(13)18(22)7-8-18)9-15(23)11-3-5-12(19)6-4-11/h3-6H,2,7-10H2,1H3,(H,20,21). The minimum Gasteiger partial charge on any atom is -0.327 e. The van der Waals surface area contributed by atoms with Gasteiger partial charge in [0.2, 0.25) is 5.91 Å². The number of aromatic amines is 1. The molecule has 1 aliphatic carbocycles. The van der Waals surface area contributed by atoms with Crippen molar-refractivity contribution >= 4 is 11.7 Å². The Morgan fingerprint density at radius 1 is 1.29 bits per heavy atom. The molecule has 1 fully saturated rings. The number of rotatable bonds is 4. The Morgan fingerprint density at radius 3 is 2.62 bits per heavy atom. The minimum absolute atomic E-state index is 0.0911. The number of halogens is 1. The summed E-state index contributed by atoms with van der Waals surface area (Å²) >= 11 is 0. The van der Waals surface area contributed by atoms with Crippen LogP contribution in [0.1, 0.15) is 53.5 Å². The number of benzene rings is 1. The summed E-state index contributed by atoms with van der Waals surface area (Å²) in [6.45, 7) is 2.38. The summed E-state index contributed by atoms with van der Waals surface area (Å²) in [5.41, 5.74) is 2.89. The Kier molecular flexibility index (Phi) is 3.30. The van der Waals surface area contributed by atoms with Gasteiger partial charge in [-0.15, -0.1) is 0 Å². The zero-order chi connectivity index (χ0) is 16.9. The molecule has 2 aliphatic rings. The van der Waals surface area contributed by atoms with Gasteiger partial charge in [-0.1, -0.05) is 6.92 Å². The molecule has 1 saturated carbocycles. The number of nitrogens with one attached hydrogen (secondary N) is 1. The maximum absolute atomic E-state index is 13.0. The molecule has 1 aromatic carbocycles. The van der Waals surface area contributed by atoms with Crippen molar-refractivity contribution in [1.82, 2.24) is 15.1 Å². The van der Waals surface area contributed by atoms with Crippen molar-refractivity contribution in [3.8, 4) is 0 Å². The largest absolute Gasteiger partial charge is 0.327 e. The summed E-state index contributed by atoms with van der Waals surface area (Å²) < 4.78 is 13.0. The first kappa shape index (κ1) is 15.1. The van der Waals surface area contributed by atoms with Crippen LogP contribution in [0.25, 0.3) is 0 Å². The zero-order valence-corrected chi connectivity index (χ0v) is 13.4. The van der Waals surface area contributed by atoms with Gasteiger partial charge in [0, 0.05) is 23.2 Å². The van der Waals surface area contributed by atoms with E-state index in [-0.39, 0.29) is 29.5 Å². The average Bonchev–Trinajstić information content (AvgIpc) is 3.18. The molecule has 6 heteroatoms. The molecule has 1 aromatic heterocycles. The molecule has 2 heterocycles. The molecule has 5 nitrogen and oxygen atoms in total. The third-order valence-electron chi connectivity index (χ3n) is 5.06. The van der Waals surface area contributed by atoms with Gasteiger partial charge < -0.3 is 4.90 Å². The zero-order valence-electron chi connectivity index (χ0n) is 13.4. The van der Waals surface area contributed by atoms with E-state index in [1.807, 2.05) is 11.8 Å². The van der Waals surface area contributed by atoms with Crippen LogP contribution in [-0.4, -0.2) is 26.8 Å². The number of ketones is 1. The lowest BCUT2D eigenvalue weighted by molar-refractivity contribution is -0.134. The molecule has 0 saturated heterocycles. The highest BCUT2D eigenvalue weighted by molar-refractivity contribution is 5.97. The molecule has 0 radical (unpaired) electrons. The van der Waals surface area contributed by atoms with E-state index in [0.717, 1.165) is 29.8 Å². The van der Waals surface area contributed by atoms with E-state index in [1.165, 1.54) is 24.3 Å². The molecule has 1 spiro atoms. The van der Waals surface area contributed by atoms with Crippen molar-refractivity contribution in [2.75, 3.05) is 0 Å². The molecule has 1 aliphatic heterocycles. The van der Waals surface area contributed by atoms with Gasteiger partial charge in [0.15, 0.2) is 5.78 Å². The van der Waals surface area contributed by atoms with Crippen LogP contribution in [0.3, 0.4) is 0 Å². The highest BCUT2D eigenvalue weighted by Gasteiger charge is 2.58. The van der Waals surface area contributed by atoms with Crippen LogP contribution in [0, 0.1) is 5.82 Å². The van der Waals surface area contributed by atoms with E-state index in [0.29, 0.717) is 18.5 Å². The highest BCUT2D eigenvalue weighted by atomic mass is 19.1. The molecule has 1 amide bonds. The van der Waals surface area contributed by atoms with Crippen LogP contribution in [-0.2, 0) is 23.3 Å². The molecule has 1 N–H and O–H groups in total. The van der Waals surface area contributed by atoms with E-state index in [2.05, 4.69) is 10.2 Å². The third kappa shape index (κ3) is 2.17. The van der Waals surface area contributed by atoms with E-state index in [9.17, 15) is 14.0 Å². The van der Waals surface area contributed by atoms with Crippen LogP contribution in [0.2, 0.25) is 0 Å². The summed E-state index contributed by atoms with van der Waals surface area (Å²) in [7, 11) is 0. The Bertz CT molecular complexity index is 821. The fourth-order valence-electron chi connectivity index (χ4n) is 3.58. The second-order valence-electron chi connectivity index (χ2n) is 6.50. The molecular weight excluding hydrogens is 309 g/mol. The summed E-state index contributed by atoms with van der Waals surface area (Å²) in [6.07, 6.45) is 2.52. The van der Waals surface area contributed by atoms with Crippen molar-refractivity contribution in [2.45, 2.75) is 44.7 Å². The smallest absolute Gasteiger partial charge is 0.223 e. The van der Waals surface area contributed by atoms with Crippen molar-refractivity contribution in [3.63, 3.8) is 0 Å². The van der Waals surface area contributed by atoms with Gasteiger partial charge in [-0.3, -0.25) is 14.7 Å². The van der Waals surface area contributed by atoms with Gasteiger partial charge in [-0.05, 0) is 37.1 Å². The summed E-state index contributed by atoms with van der Waals surface area (Å²) in [4.78, 5) is 26.5. The van der Waals surface area contributed by atoms with E-state index in [4.69, 9.17) is 0 Å². The van der Waals surface area contributed by atoms with Crippen molar-refractivity contribution in [2.24, 2.45) is 0 Å². The number of nitrogens with zero attached hydrogens (tertiary/aromatic N) is 2. The number of amides is 1. The number of hydrogen-bond acceptors (Lipinski definition) is 3. The van der Waals surface area contributed by atoms with Gasteiger partial charge in [0.25, 0.3) is 0 Å². The molecule has 124 valence electrons. The van der Waals surface area contributed by atoms with Gasteiger partial charge in [-0.2, -0.15) is 5.10 Å². The number of aromatic nitrogens is 2. The second kappa shape index (κ2) is 5.26. The van der Waals surface area contributed by atoms with Crippen LogP contribution < -0.4 is 0 Å². The quantitative estimate of drug-likeness (QED) is 0.878. The van der Waals surface area contributed by atoms with Gasteiger partial charge >= 0.3 is 0 Å². The van der Waals surface area contributed by atoms with Crippen LogP contribution >= 0.6 is 0 Å². The molecule has 2 aromatic rings. The first-order chi connectivity index (χ1) is 11.5. The van der Waals surface area contributed by atoms with Crippen molar-refractivity contribution in [1.29, 1.82) is 0 Å². The Balaban J connectivity index is 1.59. The lowest BCUT2D eigenvalue weighted by atomic mass is 10.0. The van der Waals surface area contributed by atoms with Gasteiger partial charge in [-0.25, -0.2) is 4.39 Å². The predicted octanol–water partition coefficient (Wildman–Crippen LogP) is 2.72. The maximum atomic E-state index is 13.0. The van der Waals surface area contributed by atoms with Gasteiger partial charge in [0.05, 0.1) is 24.2 Å². The lowest BCUT2D eigenvalue weighted by Crippen LogP contribution is -2.34. The fourth-order valence-corrected chi connectivity index (χ4v) is 3.58. The number of carbonyl (C=O) groups is 2. The van der Waals surface area contributed by atoms with E-state index < -0.39 is 0 Å². The van der Waals surface area contributed by atoms with Gasteiger partial charge in [0.1, 0.15) is 5.82 Å². The minimum atomic E-state index is -0.363. The molecule has 24 heavy (non-hydrogen) atoms. The van der Waals surface area contributed by atoms with Crippen LogP contribution in [0.4, 0.5) is 4.39 Å². The summed E-state index contributed by atoms with van der Waals surface area (Å²) in [5.74, 6) is -0.328. The van der Waals surface area contributed by atoms with Crippen LogP contribution in [0.5, 0.6) is 0 Å². The number of Topliss-reactive ketones (excluding diaryl/α,β-unsaturated/α-hetero) is 1. The number of fused-ring (bicyclic) bond motifs is 2. The molecule has 0 atom stereocenters. The molecule has 0 bridgehead atoms. The summed E-state index contributed by atoms with van der Waals surface area (Å²) in [6, 6.07) is 5.55. The second-order valence-corrected chi connectivity index (χ2v) is 6.50. The van der Waals surface area contributed by atoms with Crippen molar-refractivity contribution in [3.05, 3.63) is 52.6 Å². The lowest BCUT2D eigenvalue weighted by Gasteiger charge is -2.23. The monoisotopic (exact) mass is 327 g/mol. The number of carbonyl (C=O) groups excluding carboxylic acids is 2. The van der Waals surface area contributed by atoms with Crippen molar-refractivity contribution < 1.29 is 14.0 Å². The first-order valence-corrected chi connectivity index (χ1v) is 8.21. The Morgan fingerprint density at radius 2 is 2.00 bits per heavy atom. The SMILES string of the molecule is CCC(=O)N1Cc2c(n[nH]c2CC(=O)c2ccc(F)cc2)C12CC2. The highest BCUT2D eigenvalue weighted by Crippen LogP contribution is 2.56. The normalized spacial score (nSPS) is 17.2. The number of H-pyrrole nitrogens is 1.